The van der Waals surface area contributed by atoms with E-state index in [1.165, 1.54) is 12.1 Å². The Labute approximate surface area is 167 Å². The van der Waals surface area contributed by atoms with Gasteiger partial charge in [0, 0.05) is 11.8 Å². The zero-order valence-electron chi connectivity index (χ0n) is 16.4. The third-order valence-corrected chi connectivity index (χ3v) is 3.76. The molecule has 0 aliphatic heterocycles. The molecule has 0 bridgehead atoms. The Balaban J connectivity index is 2.49. The minimum atomic E-state index is -0.833. The second-order valence-electron chi connectivity index (χ2n) is 6.83. The molecule has 2 aromatic heterocycles. The van der Waals surface area contributed by atoms with E-state index in [1.807, 2.05) is 0 Å². The molecule has 150 valence electrons. The molecule has 28 heavy (non-hydrogen) atoms. The van der Waals surface area contributed by atoms with Crippen molar-refractivity contribution in [3.05, 3.63) is 28.9 Å². The van der Waals surface area contributed by atoms with Crippen LogP contribution in [0.5, 0.6) is 0 Å². The molecule has 0 aromatic carbocycles. The highest BCUT2D eigenvalue weighted by Crippen LogP contribution is 2.24. The maximum atomic E-state index is 12.5. The molecule has 0 saturated heterocycles. The summed E-state index contributed by atoms with van der Waals surface area (Å²) in [6, 6.07) is 4.56. The number of hydrogen-bond donors (Lipinski definition) is 0. The van der Waals surface area contributed by atoms with Crippen molar-refractivity contribution in [3.63, 3.8) is 0 Å². The van der Waals surface area contributed by atoms with Gasteiger partial charge in [0.25, 0.3) is 0 Å². The SMILES string of the molecule is CCOC(=O)c1cc2ccc(N(C(=O)CC)C(=O)OC(C)(C)C)nc2nc1Cl. The Morgan fingerprint density at radius 1 is 1.14 bits per heavy atom. The molecule has 2 heterocycles. The third kappa shape index (κ3) is 4.95. The van der Waals surface area contributed by atoms with Crippen molar-refractivity contribution < 1.29 is 23.9 Å². The van der Waals surface area contributed by atoms with Gasteiger partial charge in [0.1, 0.15) is 16.6 Å². The van der Waals surface area contributed by atoms with Gasteiger partial charge >= 0.3 is 12.1 Å². The molecular weight excluding hydrogens is 386 g/mol. The van der Waals surface area contributed by atoms with E-state index in [1.54, 1.807) is 40.7 Å². The lowest BCUT2D eigenvalue weighted by Crippen LogP contribution is -2.41. The Morgan fingerprint density at radius 3 is 2.39 bits per heavy atom. The molecule has 0 aliphatic carbocycles. The summed E-state index contributed by atoms with van der Waals surface area (Å²) in [6.07, 6.45) is -0.755. The second-order valence-corrected chi connectivity index (χ2v) is 7.18. The van der Waals surface area contributed by atoms with Crippen LogP contribution in [0.1, 0.15) is 51.4 Å². The van der Waals surface area contributed by atoms with E-state index < -0.39 is 23.6 Å². The summed E-state index contributed by atoms with van der Waals surface area (Å²) in [5, 5.41) is 0.422. The van der Waals surface area contributed by atoms with Crippen molar-refractivity contribution in [2.75, 3.05) is 11.5 Å². The number of nitrogens with zero attached hydrogens (tertiary/aromatic N) is 3. The van der Waals surface area contributed by atoms with Crippen LogP contribution in [0.4, 0.5) is 10.6 Å². The van der Waals surface area contributed by atoms with Crippen LogP contribution in [-0.4, -0.2) is 40.1 Å². The minimum absolute atomic E-state index is 0.0565. The number of esters is 1. The number of aromatic nitrogens is 2. The highest BCUT2D eigenvalue weighted by molar-refractivity contribution is 6.32. The van der Waals surface area contributed by atoms with Crippen LogP contribution < -0.4 is 4.90 Å². The molecule has 0 N–H and O–H groups in total. The molecule has 0 fully saturated rings. The molecule has 2 aromatic rings. The Kier molecular flexibility index (Phi) is 6.56. The molecule has 9 heteroatoms. The maximum absolute atomic E-state index is 12.5. The topological polar surface area (TPSA) is 98.7 Å². The fourth-order valence-electron chi connectivity index (χ4n) is 2.28. The van der Waals surface area contributed by atoms with E-state index in [0.717, 1.165) is 4.90 Å². The van der Waals surface area contributed by atoms with Crippen LogP contribution >= 0.6 is 11.6 Å². The van der Waals surface area contributed by atoms with Crippen molar-refractivity contribution in [1.29, 1.82) is 0 Å². The predicted molar refractivity (Wildman–Crippen MR) is 105 cm³/mol. The summed E-state index contributed by atoms with van der Waals surface area (Å²) in [6.45, 7) is 8.61. The summed E-state index contributed by atoms with van der Waals surface area (Å²) in [7, 11) is 0. The largest absolute Gasteiger partial charge is 0.462 e. The van der Waals surface area contributed by atoms with Gasteiger partial charge in [0.15, 0.2) is 5.65 Å². The van der Waals surface area contributed by atoms with Crippen LogP contribution in [0.3, 0.4) is 0 Å². The highest BCUT2D eigenvalue weighted by Gasteiger charge is 2.29. The van der Waals surface area contributed by atoms with Gasteiger partial charge in [-0.25, -0.2) is 19.6 Å². The molecule has 0 spiro atoms. The van der Waals surface area contributed by atoms with E-state index >= 15 is 0 Å². The zero-order valence-corrected chi connectivity index (χ0v) is 17.2. The zero-order chi connectivity index (χ0) is 21.1. The number of pyridine rings is 2. The lowest BCUT2D eigenvalue weighted by molar-refractivity contribution is -0.118. The van der Waals surface area contributed by atoms with Gasteiger partial charge in [-0.3, -0.25) is 4.79 Å². The summed E-state index contributed by atoms with van der Waals surface area (Å²) in [5.41, 5.74) is -0.497. The van der Waals surface area contributed by atoms with Crippen molar-refractivity contribution >= 4 is 46.4 Å². The van der Waals surface area contributed by atoms with Crippen LogP contribution in [0.25, 0.3) is 11.0 Å². The molecule has 8 nitrogen and oxygen atoms in total. The number of hydrogen-bond acceptors (Lipinski definition) is 7. The highest BCUT2D eigenvalue weighted by atomic mass is 35.5. The number of fused-ring (bicyclic) bond motifs is 1. The monoisotopic (exact) mass is 407 g/mol. The van der Waals surface area contributed by atoms with E-state index in [4.69, 9.17) is 21.1 Å². The second kappa shape index (κ2) is 8.52. The first kappa shape index (κ1) is 21.6. The number of imide groups is 1. The number of rotatable bonds is 4. The molecule has 0 radical (unpaired) electrons. The summed E-state index contributed by atoms with van der Waals surface area (Å²) in [4.78, 5) is 46.0. The number of carbonyl (C=O) groups excluding carboxylic acids is 3. The number of anilines is 1. The lowest BCUT2D eigenvalue weighted by atomic mass is 10.2. The van der Waals surface area contributed by atoms with Crippen LogP contribution in [-0.2, 0) is 14.3 Å². The predicted octanol–water partition coefficient (Wildman–Crippen LogP) is 4.14. The van der Waals surface area contributed by atoms with Crippen LogP contribution in [0.2, 0.25) is 5.15 Å². The number of amides is 2. The molecule has 0 saturated carbocycles. The maximum Gasteiger partial charge on any atom is 0.423 e. The first-order chi connectivity index (χ1) is 13.1. The quantitative estimate of drug-likeness (QED) is 0.554. The lowest BCUT2D eigenvalue weighted by Gasteiger charge is -2.25. The van der Waals surface area contributed by atoms with Gasteiger partial charge in [-0.15, -0.1) is 0 Å². The van der Waals surface area contributed by atoms with E-state index in [-0.39, 0.29) is 35.2 Å². The van der Waals surface area contributed by atoms with Gasteiger partial charge < -0.3 is 9.47 Å². The Morgan fingerprint density at radius 2 is 1.82 bits per heavy atom. The smallest absolute Gasteiger partial charge is 0.423 e. The molecule has 0 aliphatic rings. The molecule has 2 rings (SSSR count). The van der Waals surface area contributed by atoms with E-state index in [9.17, 15) is 14.4 Å². The van der Waals surface area contributed by atoms with Gasteiger partial charge in [-0.2, -0.15) is 4.90 Å². The van der Waals surface area contributed by atoms with Crippen LogP contribution in [0.15, 0.2) is 18.2 Å². The van der Waals surface area contributed by atoms with Crippen molar-refractivity contribution in [2.45, 2.75) is 46.6 Å². The average Bonchev–Trinajstić information content (AvgIpc) is 2.59. The van der Waals surface area contributed by atoms with Crippen LogP contribution in [0, 0.1) is 0 Å². The molecule has 2 amide bonds. The van der Waals surface area contributed by atoms with Crippen molar-refractivity contribution in [1.82, 2.24) is 9.97 Å². The first-order valence-corrected chi connectivity index (χ1v) is 9.15. The average molecular weight is 408 g/mol. The fraction of sp³-hybridized carbons (Fsp3) is 0.421. The third-order valence-electron chi connectivity index (χ3n) is 3.47. The fourth-order valence-corrected chi connectivity index (χ4v) is 2.50. The molecule has 0 atom stereocenters. The van der Waals surface area contributed by atoms with E-state index in [0.29, 0.717) is 5.39 Å². The number of halogens is 1. The molecular formula is C19H22ClN3O5. The number of ether oxygens (including phenoxy) is 2. The van der Waals surface area contributed by atoms with Crippen molar-refractivity contribution in [3.8, 4) is 0 Å². The summed E-state index contributed by atoms with van der Waals surface area (Å²) >= 11 is 6.08. The summed E-state index contributed by atoms with van der Waals surface area (Å²) < 4.78 is 10.3. The van der Waals surface area contributed by atoms with Gasteiger partial charge in [0.2, 0.25) is 5.91 Å². The first-order valence-electron chi connectivity index (χ1n) is 8.77. The van der Waals surface area contributed by atoms with E-state index in [2.05, 4.69) is 9.97 Å². The summed E-state index contributed by atoms with van der Waals surface area (Å²) in [5.74, 6) is -1.01. The Hall–Kier alpha value is -2.74. The minimum Gasteiger partial charge on any atom is -0.462 e. The van der Waals surface area contributed by atoms with Gasteiger partial charge in [-0.05, 0) is 45.9 Å². The van der Waals surface area contributed by atoms with Gasteiger partial charge in [0.05, 0.1) is 12.2 Å². The standard InChI is InChI=1S/C19H22ClN3O5/c1-6-14(24)23(18(26)28-19(3,4)5)13-9-8-11-10-12(17(25)27-7-2)15(20)22-16(11)21-13/h8-10H,6-7H2,1-5H3. The number of carbonyl (C=O) groups is 3. The Bertz CT molecular complexity index is 924. The normalized spacial score (nSPS) is 11.2. The van der Waals surface area contributed by atoms with Gasteiger partial charge in [-0.1, -0.05) is 18.5 Å². The van der Waals surface area contributed by atoms with Crippen molar-refractivity contribution in [2.24, 2.45) is 0 Å². The molecule has 0 unspecified atom stereocenters.